The quantitative estimate of drug-likeness (QED) is 0.785. The molecule has 0 saturated carbocycles. The van der Waals surface area contributed by atoms with Crippen molar-refractivity contribution in [3.63, 3.8) is 0 Å². The molecule has 2 aromatic rings. The van der Waals surface area contributed by atoms with Crippen molar-refractivity contribution in [3.8, 4) is 5.82 Å². The molecule has 0 aromatic carbocycles. The number of aliphatic hydroxyl groups is 1. The van der Waals surface area contributed by atoms with Gasteiger partial charge in [-0.25, -0.2) is 14.5 Å². The first-order valence-corrected chi connectivity index (χ1v) is 7.24. The van der Waals surface area contributed by atoms with Crippen molar-refractivity contribution in [2.24, 2.45) is 5.92 Å². The lowest BCUT2D eigenvalue weighted by Gasteiger charge is -2.18. The molecule has 2 atom stereocenters. The molecule has 7 nitrogen and oxygen atoms in total. The smallest absolute Gasteiger partial charge is 0.320 e. The summed E-state index contributed by atoms with van der Waals surface area (Å²) in [6, 6.07) is 4.54. The molecule has 118 valence electrons. The highest BCUT2D eigenvalue weighted by Gasteiger charge is 2.14. The average molecular weight is 324 g/mol. The van der Waals surface area contributed by atoms with Gasteiger partial charge in [-0.15, -0.1) is 5.10 Å². The number of aromatic nitrogens is 3. The van der Waals surface area contributed by atoms with Crippen LogP contribution >= 0.6 is 11.6 Å². The molecule has 2 rings (SSSR count). The molecule has 2 unspecified atom stereocenters. The van der Waals surface area contributed by atoms with Crippen LogP contribution in [-0.2, 0) is 0 Å². The van der Waals surface area contributed by atoms with E-state index in [-0.39, 0.29) is 24.6 Å². The lowest BCUT2D eigenvalue weighted by molar-refractivity contribution is 0.204. The fourth-order valence-electron chi connectivity index (χ4n) is 1.71. The maximum absolute atomic E-state index is 11.9. The highest BCUT2D eigenvalue weighted by Crippen LogP contribution is 2.17. The van der Waals surface area contributed by atoms with Crippen molar-refractivity contribution in [3.05, 3.63) is 35.6 Å². The zero-order valence-electron chi connectivity index (χ0n) is 12.3. The first kappa shape index (κ1) is 16.3. The van der Waals surface area contributed by atoms with E-state index in [1.54, 1.807) is 30.6 Å². The van der Waals surface area contributed by atoms with E-state index < -0.39 is 0 Å². The second kappa shape index (κ2) is 7.24. The molecular formula is C14H18ClN5O2. The van der Waals surface area contributed by atoms with E-state index in [2.05, 4.69) is 20.7 Å². The van der Waals surface area contributed by atoms with Crippen LogP contribution in [0.5, 0.6) is 0 Å². The number of hydrogen-bond acceptors (Lipinski definition) is 4. The molecule has 2 aromatic heterocycles. The second-order valence-corrected chi connectivity index (χ2v) is 5.41. The lowest BCUT2D eigenvalue weighted by Crippen LogP contribution is -2.40. The summed E-state index contributed by atoms with van der Waals surface area (Å²) in [5, 5.41) is 19.1. The Morgan fingerprint density at radius 3 is 2.91 bits per heavy atom. The molecule has 8 heteroatoms. The van der Waals surface area contributed by atoms with Gasteiger partial charge in [0, 0.05) is 31.1 Å². The number of amides is 2. The number of hydrogen-bond donors (Lipinski definition) is 3. The molecule has 0 aliphatic carbocycles. The van der Waals surface area contributed by atoms with Crippen molar-refractivity contribution in [2.75, 3.05) is 11.9 Å². The molecule has 3 N–H and O–H groups in total. The van der Waals surface area contributed by atoms with Gasteiger partial charge in [-0.3, -0.25) is 5.32 Å². The van der Waals surface area contributed by atoms with Gasteiger partial charge in [-0.2, -0.15) is 0 Å². The zero-order valence-corrected chi connectivity index (χ0v) is 13.1. The number of nitrogens with one attached hydrogen (secondary N) is 2. The minimum absolute atomic E-state index is 0.00818. The molecule has 2 amide bonds. The third kappa shape index (κ3) is 3.96. The van der Waals surface area contributed by atoms with Gasteiger partial charge < -0.3 is 10.4 Å². The Kier molecular flexibility index (Phi) is 5.35. The minimum atomic E-state index is -0.384. The van der Waals surface area contributed by atoms with Crippen LogP contribution in [0.15, 0.2) is 30.6 Å². The maximum Gasteiger partial charge on any atom is 0.320 e. The van der Waals surface area contributed by atoms with Crippen LogP contribution in [-0.4, -0.2) is 38.6 Å². The number of halogens is 1. The first-order valence-electron chi connectivity index (χ1n) is 6.86. The average Bonchev–Trinajstić information content (AvgIpc) is 2.94. The van der Waals surface area contributed by atoms with E-state index in [1.807, 2.05) is 13.8 Å². The van der Waals surface area contributed by atoms with Gasteiger partial charge in [0.05, 0.1) is 5.02 Å². The van der Waals surface area contributed by atoms with Crippen LogP contribution in [0.25, 0.3) is 5.82 Å². The van der Waals surface area contributed by atoms with E-state index in [9.17, 15) is 4.79 Å². The molecular weight excluding hydrogens is 306 g/mol. The Labute approximate surface area is 133 Å². The molecule has 2 heterocycles. The molecule has 0 saturated heterocycles. The third-order valence-electron chi connectivity index (χ3n) is 3.29. The molecule has 22 heavy (non-hydrogen) atoms. The summed E-state index contributed by atoms with van der Waals surface area (Å²) in [6.45, 7) is 3.68. The number of carbonyl (C=O) groups is 1. The fraction of sp³-hybridized carbons (Fsp3) is 0.357. The number of aliphatic hydroxyl groups excluding tert-OH is 1. The van der Waals surface area contributed by atoms with E-state index in [0.29, 0.717) is 16.7 Å². The number of anilines is 1. The summed E-state index contributed by atoms with van der Waals surface area (Å²) in [4.78, 5) is 16.0. The minimum Gasteiger partial charge on any atom is -0.396 e. The summed E-state index contributed by atoms with van der Waals surface area (Å²) in [5.41, 5.74) is 0. The molecule has 0 aliphatic heterocycles. The summed E-state index contributed by atoms with van der Waals surface area (Å²) in [6.07, 6.45) is 3.27. The van der Waals surface area contributed by atoms with E-state index in [0.717, 1.165) is 0 Å². The summed E-state index contributed by atoms with van der Waals surface area (Å²) in [7, 11) is 0. The van der Waals surface area contributed by atoms with Crippen LogP contribution in [0.3, 0.4) is 0 Å². The number of pyridine rings is 1. The van der Waals surface area contributed by atoms with Crippen LogP contribution < -0.4 is 10.6 Å². The molecule has 0 aliphatic rings. The summed E-state index contributed by atoms with van der Waals surface area (Å²) >= 11 is 6.05. The Balaban J connectivity index is 2.01. The standard InChI is InChI=1S/C14H18ClN5O2/c1-9(8-21)10(2)17-14(22)18-12-5-7-20(19-12)13-11(15)4-3-6-16-13/h3-7,9-10,21H,8H2,1-2H3,(H2,17,18,19,22). The zero-order chi connectivity index (χ0) is 16.1. The van der Waals surface area contributed by atoms with Crippen LogP contribution in [0.1, 0.15) is 13.8 Å². The van der Waals surface area contributed by atoms with Gasteiger partial charge >= 0.3 is 6.03 Å². The van der Waals surface area contributed by atoms with E-state index in [4.69, 9.17) is 16.7 Å². The number of urea groups is 1. The second-order valence-electron chi connectivity index (χ2n) is 5.00. The normalized spacial score (nSPS) is 13.5. The van der Waals surface area contributed by atoms with Gasteiger partial charge in [0.1, 0.15) is 0 Å². The molecule has 0 radical (unpaired) electrons. The highest BCUT2D eigenvalue weighted by molar-refractivity contribution is 6.32. The van der Waals surface area contributed by atoms with Crippen molar-refractivity contribution in [1.82, 2.24) is 20.1 Å². The van der Waals surface area contributed by atoms with Gasteiger partial charge in [0.15, 0.2) is 11.6 Å². The summed E-state index contributed by atoms with van der Waals surface area (Å²) in [5.74, 6) is 0.832. The largest absolute Gasteiger partial charge is 0.396 e. The van der Waals surface area contributed by atoms with Crippen LogP contribution in [0, 0.1) is 5.92 Å². The van der Waals surface area contributed by atoms with E-state index >= 15 is 0 Å². The fourth-order valence-corrected chi connectivity index (χ4v) is 1.92. The predicted molar refractivity (Wildman–Crippen MR) is 84.2 cm³/mol. The Morgan fingerprint density at radius 2 is 2.23 bits per heavy atom. The Bertz CT molecular complexity index is 646. The van der Waals surface area contributed by atoms with Gasteiger partial charge in [0.25, 0.3) is 0 Å². The van der Waals surface area contributed by atoms with Crippen LogP contribution in [0.2, 0.25) is 5.02 Å². The highest BCUT2D eigenvalue weighted by atomic mass is 35.5. The van der Waals surface area contributed by atoms with Crippen molar-refractivity contribution in [2.45, 2.75) is 19.9 Å². The third-order valence-corrected chi connectivity index (χ3v) is 3.58. The topological polar surface area (TPSA) is 92.1 Å². The number of nitrogens with zero attached hydrogens (tertiary/aromatic N) is 3. The Morgan fingerprint density at radius 1 is 1.45 bits per heavy atom. The van der Waals surface area contributed by atoms with Crippen LogP contribution in [0.4, 0.5) is 10.6 Å². The lowest BCUT2D eigenvalue weighted by atomic mass is 10.1. The van der Waals surface area contributed by atoms with E-state index in [1.165, 1.54) is 4.68 Å². The molecule has 0 spiro atoms. The number of carbonyl (C=O) groups excluding carboxylic acids is 1. The molecule has 0 fully saturated rings. The first-order chi connectivity index (χ1) is 10.5. The monoisotopic (exact) mass is 323 g/mol. The van der Waals surface area contributed by atoms with Gasteiger partial charge in [-0.05, 0) is 25.0 Å². The van der Waals surface area contributed by atoms with Gasteiger partial charge in [0.2, 0.25) is 0 Å². The Hall–Kier alpha value is -2.12. The molecule has 0 bridgehead atoms. The SMILES string of the molecule is CC(CO)C(C)NC(=O)Nc1ccn(-c2ncccc2Cl)n1. The summed E-state index contributed by atoms with van der Waals surface area (Å²) < 4.78 is 1.48. The van der Waals surface area contributed by atoms with Crippen molar-refractivity contribution >= 4 is 23.4 Å². The predicted octanol–water partition coefficient (Wildman–Crippen LogP) is 2.06. The van der Waals surface area contributed by atoms with Crippen molar-refractivity contribution < 1.29 is 9.90 Å². The maximum atomic E-state index is 11.9. The van der Waals surface area contributed by atoms with Gasteiger partial charge in [-0.1, -0.05) is 18.5 Å². The van der Waals surface area contributed by atoms with Crippen molar-refractivity contribution in [1.29, 1.82) is 0 Å². The number of rotatable bonds is 5.